The van der Waals surface area contributed by atoms with E-state index in [1.165, 1.54) is 14.2 Å². The maximum Gasteiger partial charge on any atom is 0.319 e. The van der Waals surface area contributed by atoms with Crippen LogP contribution in [0, 0.1) is 0 Å². The van der Waals surface area contributed by atoms with Crippen molar-refractivity contribution in [3.63, 3.8) is 0 Å². The largest absolute Gasteiger partial charge is 0.497 e. The van der Waals surface area contributed by atoms with Crippen LogP contribution in [0.3, 0.4) is 0 Å². The number of aliphatic hydroxyl groups excluding tert-OH is 1. The number of benzene rings is 2. The van der Waals surface area contributed by atoms with E-state index in [1.54, 1.807) is 43.3 Å². The highest BCUT2D eigenvalue weighted by Crippen LogP contribution is 2.29. The van der Waals surface area contributed by atoms with E-state index >= 15 is 0 Å². The summed E-state index contributed by atoms with van der Waals surface area (Å²) >= 11 is 0. The number of ether oxygens (including phenoxy) is 2. The zero-order valence-corrected chi connectivity index (χ0v) is 18.6. The van der Waals surface area contributed by atoms with Gasteiger partial charge in [-0.25, -0.2) is 4.79 Å². The molecular weight excluding hydrogens is 412 g/mol. The summed E-state index contributed by atoms with van der Waals surface area (Å²) in [6, 6.07) is 12.0. The van der Waals surface area contributed by atoms with E-state index in [0.29, 0.717) is 22.7 Å². The number of hydrogen-bond acceptors (Lipinski definition) is 5. The number of amides is 3. The SMILES string of the molecule is COc1ccc(OC)c(C(O)CNC(=O)Nc2ccc3c(ccn3CC(=O)N(C)C)c2)c1. The van der Waals surface area contributed by atoms with Crippen molar-refractivity contribution in [3.05, 3.63) is 54.2 Å². The number of anilines is 1. The Kier molecular flexibility index (Phi) is 7.21. The third kappa shape index (κ3) is 5.30. The molecule has 1 atom stereocenters. The number of rotatable bonds is 8. The topological polar surface area (TPSA) is 105 Å². The van der Waals surface area contributed by atoms with Gasteiger partial charge in [-0.05, 0) is 42.5 Å². The van der Waals surface area contributed by atoms with Crippen molar-refractivity contribution in [1.29, 1.82) is 0 Å². The molecule has 0 bridgehead atoms. The zero-order chi connectivity index (χ0) is 23.3. The lowest BCUT2D eigenvalue weighted by molar-refractivity contribution is -0.129. The van der Waals surface area contributed by atoms with Gasteiger partial charge in [0, 0.05) is 49.0 Å². The molecular formula is C23H28N4O5. The van der Waals surface area contributed by atoms with Crippen LogP contribution in [0.4, 0.5) is 10.5 Å². The van der Waals surface area contributed by atoms with Gasteiger partial charge in [-0.2, -0.15) is 0 Å². The quantitative estimate of drug-likeness (QED) is 0.499. The van der Waals surface area contributed by atoms with Crippen LogP contribution in [0.15, 0.2) is 48.7 Å². The van der Waals surface area contributed by atoms with Crippen LogP contribution in [0.1, 0.15) is 11.7 Å². The molecule has 0 saturated heterocycles. The van der Waals surface area contributed by atoms with E-state index in [9.17, 15) is 14.7 Å². The lowest BCUT2D eigenvalue weighted by Gasteiger charge is -2.17. The first-order valence-electron chi connectivity index (χ1n) is 10.1. The molecule has 1 unspecified atom stereocenters. The normalized spacial score (nSPS) is 11.7. The molecule has 1 heterocycles. The van der Waals surface area contributed by atoms with Gasteiger partial charge in [-0.15, -0.1) is 0 Å². The second-order valence-electron chi connectivity index (χ2n) is 7.46. The number of hydrogen-bond donors (Lipinski definition) is 3. The Labute approximate surface area is 186 Å². The Morgan fingerprint density at radius 1 is 1.09 bits per heavy atom. The van der Waals surface area contributed by atoms with E-state index in [2.05, 4.69) is 10.6 Å². The minimum Gasteiger partial charge on any atom is -0.497 e. The molecule has 9 heteroatoms. The standard InChI is InChI=1S/C23H28N4O5/c1-26(2)22(29)14-27-10-9-15-11-16(5-7-19(15)27)25-23(30)24-13-20(28)18-12-17(31-3)6-8-21(18)32-4/h5-12,20,28H,13-14H2,1-4H3,(H2,24,25,30). The van der Waals surface area contributed by atoms with Crippen LogP contribution in [0.25, 0.3) is 10.9 Å². The smallest absolute Gasteiger partial charge is 0.319 e. The fourth-order valence-electron chi connectivity index (χ4n) is 3.28. The van der Waals surface area contributed by atoms with E-state index in [4.69, 9.17) is 9.47 Å². The number of aliphatic hydroxyl groups is 1. The molecule has 0 aliphatic carbocycles. The lowest BCUT2D eigenvalue weighted by Crippen LogP contribution is -2.32. The van der Waals surface area contributed by atoms with Crippen molar-refractivity contribution >= 4 is 28.5 Å². The van der Waals surface area contributed by atoms with Crippen molar-refractivity contribution in [1.82, 2.24) is 14.8 Å². The van der Waals surface area contributed by atoms with E-state index in [0.717, 1.165) is 10.9 Å². The summed E-state index contributed by atoms with van der Waals surface area (Å²) in [7, 11) is 6.48. The molecule has 3 rings (SSSR count). The molecule has 0 aliphatic heterocycles. The van der Waals surface area contributed by atoms with Crippen LogP contribution in [0.5, 0.6) is 11.5 Å². The van der Waals surface area contributed by atoms with Crippen LogP contribution in [-0.2, 0) is 11.3 Å². The second-order valence-corrected chi connectivity index (χ2v) is 7.46. The average Bonchev–Trinajstić information content (AvgIpc) is 3.18. The summed E-state index contributed by atoms with van der Waals surface area (Å²) in [5.74, 6) is 1.08. The summed E-state index contributed by atoms with van der Waals surface area (Å²) in [5.41, 5.74) is 2.01. The number of carbonyl (C=O) groups is 2. The van der Waals surface area contributed by atoms with E-state index < -0.39 is 12.1 Å². The second kappa shape index (κ2) is 10.1. The number of aromatic nitrogens is 1. The maximum atomic E-state index is 12.3. The molecule has 3 aromatic rings. The monoisotopic (exact) mass is 440 g/mol. The zero-order valence-electron chi connectivity index (χ0n) is 18.6. The van der Waals surface area contributed by atoms with Gasteiger partial charge in [0.15, 0.2) is 0 Å². The minimum atomic E-state index is -0.975. The Hall–Kier alpha value is -3.72. The number of methoxy groups -OCH3 is 2. The highest BCUT2D eigenvalue weighted by atomic mass is 16.5. The fraction of sp³-hybridized carbons (Fsp3) is 0.304. The lowest BCUT2D eigenvalue weighted by atomic mass is 10.1. The molecule has 0 radical (unpaired) electrons. The van der Waals surface area contributed by atoms with Gasteiger partial charge in [0.05, 0.1) is 14.2 Å². The van der Waals surface area contributed by atoms with Crippen molar-refractivity contribution in [2.75, 3.05) is 40.2 Å². The number of nitrogens with one attached hydrogen (secondary N) is 2. The Balaban J connectivity index is 1.62. The Bertz CT molecular complexity index is 1110. The molecule has 32 heavy (non-hydrogen) atoms. The summed E-state index contributed by atoms with van der Waals surface area (Å²) in [4.78, 5) is 25.9. The Morgan fingerprint density at radius 2 is 1.88 bits per heavy atom. The van der Waals surface area contributed by atoms with Gasteiger partial charge in [0.25, 0.3) is 0 Å². The van der Waals surface area contributed by atoms with Gasteiger partial charge in [-0.3, -0.25) is 4.79 Å². The fourth-order valence-corrected chi connectivity index (χ4v) is 3.28. The first kappa shape index (κ1) is 23.0. The third-order valence-electron chi connectivity index (χ3n) is 5.09. The number of urea groups is 1. The number of likely N-dealkylation sites (N-methyl/N-ethyl adjacent to an activating group) is 1. The van der Waals surface area contributed by atoms with Gasteiger partial charge in [-0.1, -0.05) is 0 Å². The van der Waals surface area contributed by atoms with Gasteiger partial charge in [0.1, 0.15) is 24.1 Å². The van der Waals surface area contributed by atoms with Crippen LogP contribution < -0.4 is 20.1 Å². The molecule has 2 aromatic carbocycles. The van der Waals surface area contributed by atoms with Crippen molar-refractivity contribution in [2.24, 2.45) is 0 Å². The summed E-state index contributed by atoms with van der Waals surface area (Å²) in [6.07, 6.45) is 0.866. The van der Waals surface area contributed by atoms with Crippen molar-refractivity contribution in [2.45, 2.75) is 12.6 Å². The first-order chi connectivity index (χ1) is 15.3. The third-order valence-corrected chi connectivity index (χ3v) is 5.09. The van der Waals surface area contributed by atoms with Crippen molar-refractivity contribution in [3.8, 4) is 11.5 Å². The summed E-state index contributed by atoms with van der Waals surface area (Å²) in [5, 5.41) is 16.8. The highest BCUT2D eigenvalue weighted by molar-refractivity contribution is 5.93. The molecule has 3 amide bonds. The molecule has 3 N–H and O–H groups in total. The van der Waals surface area contributed by atoms with Crippen LogP contribution >= 0.6 is 0 Å². The Morgan fingerprint density at radius 3 is 2.56 bits per heavy atom. The molecule has 0 fully saturated rings. The van der Waals surface area contributed by atoms with E-state index in [1.807, 2.05) is 29.0 Å². The van der Waals surface area contributed by atoms with Crippen LogP contribution in [-0.4, -0.2) is 61.4 Å². The molecule has 9 nitrogen and oxygen atoms in total. The molecule has 0 aliphatic rings. The average molecular weight is 441 g/mol. The summed E-state index contributed by atoms with van der Waals surface area (Å²) in [6.45, 7) is 0.232. The van der Waals surface area contributed by atoms with E-state index in [-0.39, 0.29) is 19.0 Å². The predicted octanol–water partition coefficient (Wildman–Crippen LogP) is 2.60. The predicted molar refractivity (Wildman–Crippen MR) is 122 cm³/mol. The molecule has 0 spiro atoms. The highest BCUT2D eigenvalue weighted by Gasteiger charge is 2.16. The van der Waals surface area contributed by atoms with Crippen molar-refractivity contribution < 1.29 is 24.2 Å². The van der Waals surface area contributed by atoms with Gasteiger partial charge in [0.2, 0.25) is 5.91 Å². The van der Waals surface area contributed by atoms with Gasteiger partial charge >= 0.3 is 6.03 Å². The molecule has 0 saturated carbocycles. The molecule has 170 valence electrons. The number of nitrogens with zero attached hydrogens (tertiary/aromatic N) is 2. The summed E-state index contributed by atoms with van der Waals surface area (Å²) < 4.78 is 12.3. The number of carbonyl (C=O) groups excluding carboxylic acids is 2. The van der Waals surface area contributed by atoms with Crippen LogP contribution in [0.2, 0.25) is 0 Å². The first-order valence-corrected chi connectivity index (χ1v) is 10.1. The van der Waals surface area contributed by atoms with Gasteiger partial charge < -0.3 is 34.7 Å². The maximum absolute atomic E-state index is 12.3. The molecule has 1 aromatic heterocycles. The minimum absolute atomic E-state index is 0.00435. The number of fused-ring (bicyclic) bond motifs is 1.